The molecule has 1 aliphatic heterocycles. The maximum atomic E-state index is 5.93. The highest BCUT2D eigenvalue weighted by Gasteiger charge is 2.27. The Balaban J connectivity index is 1.86. The summed E-state index contributed by atoms with van der Waals surface area (Å²) in [6.45, 7) is 0. The van der Waals surface area contributed by atoms with Crippen molar-refractivity contribution < 1.29 is 0 Å². The molecule has 3 heterocycles. The van der Waals surface area contributed by atoms with E-state index in [2.05, 4.69) is 40.4 Å². The third-order valence-corrected chi connectivity index (χ3v) is 4.86. The SMILES string of the molecule is Nc1nc2c3c(ccn3n1)C(C1CC=CCC1)=Nc1ccccc1-2. The van der Waals surface area contributed by atoms with Gasteiger partial charge in [0.25, 0.3) is 0 Å². The van der Waals surface area contributed by atoms with Gasteiger partial charge < -0.3 is 5.73 Å². The predicted molar refractivity (Wildman–Crippen MR) is 95.5 cm³/mol. The molecule has 1 unspecified atom stereocenters. The van der Waals surface area contributed by atoms with Crippen LogP contribution in [0, 0.1) is 5.92 Å². The summed E-state index contributed by atoms with van der Waals surface area (Å²) >= 11 is 0. The number of nitrogens with zero attached hydrogens (tertiary/aromatic N) is 4. The summed E-state index contributed by atoms with van der Waals surface area (Å²) in [7, 11) is 0. The van der Waals surface area contributed by atoms with Crippen molar-refractivity contribution in [2.75, 3.05) is 5.73 Å². The molecule has 0 fully saturated rings. The molecule has 0 saturated carbocycles. The zero-order chi connectivity index (χ0) is 16.1. The standard InChI is InChI=1S/C19H17N5/c20-19-22-17-13-8-4-5-9-15(13)21-16(12-6-2-1-3-7-12)14-10-11-24(23-19)18(14)17/h1-2,4-5,8-12H,3,6-7H2,(H2,20,23). The van der Waals surface area contributed by atoms with Crippen LogP contribution in [0.5, 0.6) is 0 Å². The Morgan fingerprint density at radius 1 is 1.08 bits per heavy atom. The van der Waals surface area contributed by atoms with E-state index in [1.807, 2.05) is 22.8 Å². The Hall–Kier alpha value is -2.95. The molecule has 1 aliphatic carbocycles. The number of aliphatic imine (C=N–C) groups is 1. The monoisotopic (exact) mass is 315 g/mol. The first-order valence-corrected chi connectivity index (χ1v) is 8.29. The summed E-state index contributed by atoms with van der Waals surface area (Å²) in [6.07, 6.45) is 9.74. The normalized spacial score (nSPS) is 19.0. The van der Waals surface area contributed by atoms with Gasteiger partial charge in [-0.15, -0.1) is 5.10 Å². The summed E-state index contributed by atoms with van der Waals surface area (Å²) in [5, 5.41) is 4.35. The highest BCUT2D eigenvalue weighted by atomic mass is 15.3. The van der Waals surface area contributed by atoms with E-state index >= 15 is 0 Å². The van der Waals surface area contributed by atoms with Crippen molar-refractivity contribution >= 4 is 22.9 Å². The minimum atomic E-state index is 0.276. The van der Waals surface area contributed by atoms with Gasteiger partial charge in [0, 0.05) is 23.2 Å². The molecule has 5 nitrogen and oxygen atoms in total. The Morgan fingerprint density at radius 3 is 2.88 bits per heavy atom. The van der Waals surface area contributed by atoms with E-state index in [9.17, 15) is 0 Å². The number of benzene rings is 1. The van der Waals surface area contributed by atoms with Crippen molar-refractivity contribution in [3.05, 3.63) is 54.2 Å². The second kappa shape index (κ2) is 5.03. The van der Waals surface area contributed by atoms with Gasteiger partial charge in [-0.1, -0.05) is 30.4 Å². The van der Waals surface area contributed by atoms with Crippen molar-refractivity contribution in [3.63, 3.8) is 0 Å². The van der Waals surface area contributed by atoms with Crippen LogP contribution in [0.4, 0.5) is 11.6 Å². The minimum absolute atomic E-state index is 0.276. The molecule has 3 aromatic rings. The molecule has 0 amide bonds. The van der Waals surface area contributed by atoms with Crippen molar-refractivity contribution in [1.82, 2.24) is 14.6 Å². The molecule has 2 aliphatic rings. The molecular formula is C19H17N5. The van der Waals surface area contributed by atoms with Gasteiger partial charge in [0.05, 0.1) is 11.4 Å². The van der Waals surface area contributed by atoms with Gasteiger partial charge in [0.15, 0.2) is 0 Å². The molecule has 0 radical (unpaired) electrons. The highest BCUT2D eigenvalue weighted by Crippen LogP contribution is 2.39. The Labute approximate surface area is 139 Å². The minimum Gasteiger partial charge on any atom is -0.367 e. The van der Waals surface area contributed by atoms with Crippen molar-refractivity contribution in [2.45, 2.75) is 19.3 Å². The zero-order valence-electron chi connectivity index (χ0n) is 13.2. The molecule has 2 aromatic heterocycles. The summed E-state index contributed by atoms with van der Waals surface area (Å²) < 4.78 is 1.84. The van der Waals surface area contributed by atoms with Crippen LogP contribution in [0.2, 0.25) is 0 Å². The van der Waals surface area contributed by atoms with Crippen LogP contribution in [-0.2, 0) is 0 Å². The van der Waals surface area contributed by atoms with Gasteiger partial charge >= 0.3 is 0 Å². The number of nitrogens with two attached hydrogens (primary N) is 1. The lowest BCUT2D eigenvalue weighted by molar-refractivity contribution is 0.618. The second-order valence-electron chi connectivity index (χ2n) is 6.34. The number of para-hydroxylation sites is 1. The largest absolute Gasteiger partial charge is 0.367 e. The fourth-order valence-electron chi connectivity index (χ4n) is 3.75. The van der Waals surface area contributed by atoms with Crippen LogP contribution in [0.15, 0.2) is 53.7 Å². The molecule has 24 heavy (non-hydrogen) atoms. The van der Waals surface area contributed by atoms with E-state index in [0.29, 0.717) is 5.92 Å². The number of allylic oxidation sites excluding steroid dienone is 2. The van der Waals surface area contributed by atoms with Gasteiger partial charge in [-0.2, -0.15) is 0 Å². The molecule has 2 N–H and O–H groups in total. The average molecular weight is 315 g/mol. The Morgan fingerprint density at radius 2 is 2.00 bits per heavy atom. The highest BCUT2D eigenvalue weighted by molar-refractivity contribution is 6.13. The number of anilines is 1. The molecule has 5 heteroatoms. The number of hydrogen-bond donors (Lipinski definition) is 1. The van der Waals surface area contributed by atoms with Gasteiger partial charge in [-0.3, -0.25) is 4.99 Å². The maximum Gasteiger partial charge on any atom is 0.238 e. The first-order valence-electron chi connectivity index (χ1n) is 8.29. The lowest BCUT2D eigenvalue weighted by Gasteiger charge is -2.19. The van der Waals surface area contributed by atoms with E-state index < -0.39 is 0 Å². The lowest BCUT2D eigenvalue weighted by atomic mass is 9.87. The van der Waals surface area contributed by atoms with Crippen LogP contribution in [0.3, 0.4) is 0 Å². The summed E-state index contributed by atoms with van der Waals surface area (Å²) in [4.78, 5) is 9.61. The van der Waals surface area contributed by atoms with Crippen molar-refractivity contribution in [1.29, 1.82) is 0 Å². The van der Waals surface area contributed by atoms with Crippen LogP contribution in [0.1, 0.15) is 24.8 Å². The fraction of sp³-hybridized carbons (Fsp3) is 0.211. The molecule has 118 valence electrons. The van der Waals surface area contributed by atoms with Crippen LogP contribution in [0.25, 0.3) is 16.8 Å². The number of aromatic nitrogens is 3. The molecule has 5 rings (SSSR count). The smallest absolute Gasteiger partial charge is 0.238 e. The third-order valence-electron chi connectivity index (χ3n) is 4.86. The van der Waals surface area contributed by atoms with Crippen LogP contribution < -0.4 is 5.73 Å². The molecular weight excluding hydrogens is 298 g/mol. The van der Waals surface area contributed by atoms with Gasteiger partial charge in [-0.05, 0) is 31.4 Å². The maximum absolute atomic E-state index is 5.93. The van der Waals surface area contributed by atoms with E-state index in [0.717, 1.165) is 53.0 Å². The van der Waals surface area contributed by atoms with Crippen LogP contribution >= 0.6 is 0 Å². The number of nitrogen functional groups attached to an aromatic ring is 1. The number of hydrogen-bond acceptors (Lipinski definition) is 4. The third kappa shape index (κ3) is 1.91. The molecule has 1 aromatic carbocycles. The first-order chi connectivity index (χ1) is 11.8. The molecule has 1 atom stereocenters. The number of rotatable bonds is 1. The second-order valence-corrected chi connectivity index (χ2v) is 6.34. The van der Waals surface area contributed by atoms with Crippen molar-refractivity contribution in [3.8, 4) is 11.3 Å². The predicted octanol–water partition coefficient (Wildman–Crippen LogP) is 3.77. The fourth-order valence-corrected chi connectivity index (χ4v) is 3.75. The first kappa shape index (κ1) is 13.5. The average Bonchev–Trinajstić information content (AvgIpc) is 2.97. The van der Waals surface area contributed by atoms with E-state index in [-0.39, 0.29) is 5.95 Å². The van der Waals surface area contributed by atoms with Gasteiger partial charge in [0.2, 0.25) is 5.95 Å². The van der Waals surface area contributed by atoms with Gasteiger partial charge in [-0.25, -0.2) is 9.50 Å². The van der Waals surface area contributed by atoms with E-state index in [1.54, 1.807) is 0 Å². The zero-order valence-corrected chi connectivity index (χ0v) is 13.2. The summed E-state index contributed by atoms with van der Waals surface area (Å²) in [5.41, 5.74) is 12.0. The number of fused-ring (bicyclic) bond motifs is 2. The lowest BCUT2D eigenvalue weighted by Crippen LogP contribution is -2.17. The van der Waals surface area contributed by atoms with Crippen molar-refractivity contribution in [2.24, 2.45) is 10.9 Å². The Bertz CT molecular complexity index is 1010. The quantitative estimate of drug-likeness (QED) is 0.695. The van der Waals surface area contributed by atoms with E-state index in [4.69, 9.17) is 10.7 Å². The van der Waals surface area contributed by atoms with Crippen LogP contribution in [-0.4, -0.2) is 20.3 Å². The Kier molecular flexibility index (Phi) is 2.82. The summed E-state index contributed by atoms with van der Waals surface area (Å²) in [5.74, 6) is 0.705. The molecule has 0 spiro atoms. The van der Waals surface area contributed by atoms with E-state index in [1.165, 1.54) is 0 Å². The molecule has 0 bridgehead atoms. The molecule has 0 saturated heterocycles. The summed E-state index contributed by atoms with van der Waals surface area (Å²) in [6, 6.07) is 10.2. The van der Waals surface area contributed by atoms with Gasteiger partial charge in [0.1, 0.15) is 11.2 Å². The topological polar surface area (TPSA) is 68.6 Å².